The van der Waals surface area contributed by atoms with Crippen LogP contribution in [0.5, 0.6) is 5.75 Å². The van der Waals surface area contributed by atoms with Gasteiger partial charge in [0.05, 0.1) is 6.61 Å². The maximum atomic E-state index is 5.83. The summed E-state index contributed by atoms with van der Waals surface area (Å²) in [6.07, 6.45) is 16.2. The van der Waals surface area contributed by atoms with E-state index in [4.69, 9.17) is 4.74 Å². The molecule has 1 aliphatic rings. The summed E-state index contributed by atoms with van der Waals surface area (Å²) in [5.41, 5.74) is 4.01. The van der Waals surface area contributed by atoms with E-state index in [1.54, 1.807) is 0 Å². The third-order valence-electron chi connectivity index (χ3n) is 6.45. The molecule has 0 N–H and O–H groups in total. The maximum Gasteiger partial charge on any atom is 0.119 e. The van der Waals surface area contributed by atoms with Crippen LogP contribution in [-0.4, -0.2) is 6.61 Å². The van der Waals surface area contributed by atoms with E-state index in [1.165, 1.54) is 68.1 Å². The van der Waals surface area contributed by atoms with Gasteiger partial charge >= 0.3 is 0 Å². The van der Waals surface area contributed by atoms with Gasteiger partial charge in [0.1, 0.15) is 5.75 Å². The Morgan fingerprint density at radius 2 is 1.38 bits per heavy atom. The average molecular weight is 391 g/mol. The van der Waals surface area contributed by atoms with Crippen molar-refractivity contribution in [3.63, 3.8) is 0 Å². The highest BCUT2D eigenvalue weighted by molar-refractivity contribution is 5.69. The lowest BCUT2D eigenvalue weighted by Crippen LogP contribution is -2.12. The molecular formula is C28H38O. The lowest BCUT2D eigenvalue weighted by Gasteiger charge is -2.28. The normalized spacial score (nSPS) is 19.5. The predicted octanol–water partition coefficient (Wildman–Crippen LogP) is 8.50. The second-order valence-electron chi connectivity index (χ2n) is 8.60. The summed E-state index contributed by atoms with van der Waals surface area (Å²) in [7, 11) is 0. The Morgan fingerprint density at radius 1 is 0.759 bits per heavy atom. The molecule has 2 aromatic rings. The van der Waals surface area contributed by atoms with E-state index in [2.05, 4.69) is 74.5 Å². The predicted molar refractivity (Wildman–Crippen MR) is 126 cm³/mol. The first kappa shape index (κ1) is 21.7. The van der Waals surface area contributed by atoms with Gasteiger partial charge < -0.3 is 4.74 Å². The second kappa shape index (κ2) is 11.9. The molecule has 1 nitrogen and oxygen atoms in total. The molecule has 3 rings (SSSR count). The molecule has 0 saturated heterocycles. The van der Waals surface area contributed by atoms with Crippen molar-refractivity contribution in [1.82, 2.24) is 0 Å². The Hall–Kier alpha value is -2.02. The number of rotatable bonds is 10. The first-order valence-corrected chi connectivity index (χ1v) is 11.8. The van der Waals surface area contributed by atoms with Gasteiger partial charge in [-0.15, -0.1) is 0 Å². The molecule has 0 heterocycles. The standard InChI is InChI=1S/C28H38O/c1-3-5-6-7-22-29-28-20-14-25(15-21-28)9-8-24-12-18-27(19-13-24)26-16-10-23(4-2)11-17-26/h8-9,12-15,18-21,23,26H,3-7,10-11,16-17,22H2,1-2H3/b9-8+/t23-,26-. The fraction of sp³-hybridized carbons (Fsp3) is 0.500. The third-order valence-corrected chi connectivity index (χ3v) is 6.45. The molecule has 2 aromatic carbocycles. The molecule has 0 aliphatic heterocycles. The van der Waals surface area contributed by atoms with Gasteiger partial charge in [0.2, 0.25) is 0 Å². The summed E-state index contributed by atoms with van der Waals surface area (Å²) < 4.78 is 5.83. The van der Waals surface area contributed by atoms with Gasteiger partial charge in [-0.25, -0.2) is 0 Å². The summed E-state index contributed by atoms with van der Waals surface area (Å²) >= 11 is 0. The molecule has 1 fully saturated rings. The molecule has 0 radical (unpaired) electrons. The van der Waals surface area contributed by atoms with E-state index < -0.39 is 0 Å². The molecule has 1 heteroatoms. The molecule has 0 unspecified atom stereocenters. The van der Waals surface area contributed by atoms with E-state index in [0.717, 1.165) is 30.6 Å². The van der Waals surface area contributed by atoms with Gasteiger partial charge in [-0.3, -0.25) is 0 Å². The summed E-state index contributed by atoms with van der Waals surface area (Å²) in [5.74, 6) is 2.71. The van der Waals surface area contributed by atoms with Crippen molar-refractivity contribution in [3.8, 4) is 5.75 Å². The number of hydrogen-bond acceptors (Lipinski definition) is 1. The molecule has 0 amide bonds. The lowest BCUT2D eigenvalue weighted by molar-refractivity contribution is 0.305. The van der Waals surface area contributed by atoms with Crippen molar-refractivity contribution in [2.75, 3.05) is 6.61 Å². The van der Waals surface area contributed by atoms with Crippen LogP contribution >= 0.6 is 0 Å². The Morgan fingerprint density at radius 3 is 1.97 bits per heavy atom. The molecule has 29 heavy (non-hydrogen) atoms. The van der Waals surface area contributed by atoms with Crippen LogP contribution < -0.4 is 4.74 Å². The van der Waals surface area contributed by atoms with Crippen LogP contribution in [0.2, 0.25) is 0 Å². The van der Waals surface area contributed by atoms with Gasteiger partial charge in [-0.05, 0) is 72.8 Å². The summed E-state index contributed by atoms with van der Waals surface area (Å²) in [5, 5.41) is 0. The average Bonchev–Trinajstić information content (AvgIpc) is 2.79. The molecular weight excluding hydrogens is 352 g/mol. The number of ether oxygens (including phenoxy) is 1. The molecule has 0 bridgehead atoms. The van der Waals surface area contributed by atoms with E-state index in [-0.39, 0.29) is 0 Å². The summed E-state index contributed by atoms with van der Waals surface area (Å²) in [6.45, 7) is 5.39. The molecule has 1 saturated carbocycles. The zero-order valence-electron chi connectivity index (χ0n) is 18.4. The number of benzene rings is 2. The molecule has 156 valence electrons. The number of unbranched alkanes of at least 4 members (excludes halogenated alkanes) is 3. The van der Waals surface area contributed by atoms with Crippen LogP contribution in [0.1, 0.15) is 94.2 Å². The van der Waals surface area contributed by atoms with Gasteiger partial charge in [0, 0.05) is 0 Å². The van der Waals surface area contributed by atoms with Crippen molar-refractivity contribution in [2.24, 2.45) is 5.92 Å². The van der Waals surface area contributed by atoms with Crippen molar-refractivity contribution in [1.29, 1.82) is 0 Å². The Bertz CT molecular complexity index is 718. The fourth-order valence-electron chi connectivity index (χ4n) is 4.37. The van der Waals surface area contributed by atoms with Crippen molar-refractivity contribution in [3.05, 3.63) is 65.2 Å². The monoisotopic (exact) mass is 390 g/mol. The fourth-order valence-corrected chi connectivity index (χ4v) is 4.37. The molecule has 0 atom stereocenters. The first-order chi connectivity index (χ1) is 14.3. The zero-order valence-corrected chi connectivity index (χ0v) is 18.4. The largest absolute Gasteiger partial charge is 0.494 e. The van der Waals surface area contributed by atoms with Gasteiger partial charge in [-0.2, -0.15) is 0 Å². The quantitative estimate of drug-likeness (QED) is 0.292. The Labute approximate surface area is 178 Å². The highest BCUT2D eigenvalue weighted by Crippen LogP contribution is 2.37. The first-order valence-electron chi connectivity index (χ1n) is 11.8. The van der Waals surface area contributed by atoms with Crippen molar-refractivity contribution < 1.29 is 4.74 Å². The van der Waals surface area contributed by atoms with Gasteiger partial charge in [0.25, 0.3) is 0 Å². The van der Waals surface area contributed by atoms with E-state index in [0.29, 0.717) is 0 Å². The van der Waals surface area contributed by atoms with E-state index in [1.807, 2.05) is 0 Å². The van der Waals surface area contributed by atoms with Crippen LogP contribution in [0.15, 0.2) is 48.5 Å². The minimum Gasteiger partial charge on any atom is -0.494 e. The highest BCUT2D eigenvalue weighted by atomic mass is 16.5. The van der Waals surface area contributed by atoms with Crippen LogP contribution in [0.25, 0.3) is 12.2 Å². The summed E-state index contributed by atoms with van der Waals surface area (Å²) in [4.78, 5) is 0. The minimum atomic E-state index is 0.769. The van der Waals surface area contributed by atoms with E-state index >= 15 is 0 Å². The SMILES string of the molecule is CCCCCCOc1ccc(/C=C/c2ccc([C@H]3CC[C@H](CC)CC3)cc2)cc1. The van der Waals surface area contributed by atoms with Crippen molar-refractivity contribution in [2.45, 2.75) is 77.6 Å². The zero-order chi connectivity index (χ0) is 20.3. The minimum absolute atomic E-state index is 0.769. The Kier molecular flexibility index (Phi) is 8.86. The van der Waals surface area contributed by atoms with Crippen molar-refractivity contribution >= 4 is 12.2 Å². The smallest absolute Gasteiger partial charge is 0.119 e. The molecule has 0 spiro atoms. The lowest BCUT2D eigenvalue weighted by atomic mass is 9.78. The van der Waals surface area contributed by atoms with Gasteiger partial charge in [0.15, 0.2) is 0 Å². The second-order valence-corrected chi connectivity index (χ2v) is 8.60. The van der Waals surface area contributed by atoms with Crippen LogP contribution in [-0.2, 0) is 0 Å². The summed E-state index contributed by atoms with van der Waals surface area (Å²) in [6, 6.07) is 17.6. The number of hydrogen-bond donors (Lipinski definition) is 0. The highest BCUT2D eigenvalue weighted by Gasteiger charge is 2.20. The van der Waals surface area contributed by atoms with E-state index in [9.17, 15) is 0 Å². The Balaban J connectivity index is 1.47. The topological polar surface area (TPSA) is 9.23 Å². The van der Waals surface area contributed by atoms with Gasteiger partial charge in [-0.1, -0.05) is 88.1 Å². The van der Waals surface area contributed by atoms with Crippen LogP contribution in [0.4, 0.5) is 0 Å². The molecule has 0 aromatic heterocycles. The molecule has 1 aliphatic carbocycles. The maximum absolute atomic E-state index is 5.83. The third kappa shape index (κ3) is 7.07. The van der Waals surface area contributed by atoms with Crippen LogP contribution in [0, 0.1) is 5.92 Å². The van der Waals surface area contributed by atoms with Crippen LogP contribution in [0.3, 0.4) is 0 Å².